The molecule has 0 heterocycles. The Balaban J connectivity index is 2.58. The van der Waals surface area contributed by atoms with Crippen molar-refractivity contribution in [1.82, 2.24) is 0 Å². The highest BCUT2D eigenvalue weighted by atomic mass is 28.3. The van der Waals surface area contributed by atoms with E-state index in [-0.39, 0.29) is 11.6 Å². The van der Waals surface area contributed by atoms with Crippen LogP contribution in [0.15, 0.2) is 30.3 Å². The fourth-order valence-electron chi connectivity index (χ4n) is 2.09. The van der Waals surface area contributed by atoms with E-state index in [1.54, 1.807) is 0 Å². The van der Waals surface area contributed by atoms with Gasteiger partial charge in [0.05, 0.1) is 5.60 Å². The molecule has 0 radical (unpaired) electrons. The van der Waals surface area contributed by atoms with Gasteiger partial charge < -0.3 is 10.2 Å². The molecule has 0 amide bonds. The number of hydrogen-bond acceptors (Lipinski definition) is 2. The minimum atomic E-state index is -1.31. The van der Waals surface area contributed by atoms with Gasteiger partial charge in [0, 0.05) is 6.04 Å². The summed E-state index contributed by atoms with van der Waals surface area (Å²) in [6.07, 6.45) is 1.93. The molecule has 0 saturated carbocycles. The molecular weight excluding hydrogens is 226 g/mol. The SMILES string of the molecule is CCC(N)CC(C)(C)O[SiH](C)c1ccccc1. The van der Waals surface area contributed by atoms with Crippen LogP contribution < -0.4 is 10.9 Å². The third-order valence-electron chi connectivity index (χ3n) is 3.04. The van der Waals surface area contributed by atoms with Crippen molar-refractivity contribution in [3.63, 3.8) is 0 Å². The Kier molecular flexibility index (Phi) is 5.37. The smallest absolute Gasteiger partial charge is 0.205 e. The first-order chi connectivity index (χ1) is 7.94. The van der Waals surface area contributed by atoms with E-state index in [0.29, 0.717) is 0 Å². The average Bonchev–Trinajstić information content (AvgIpc) is 2.28. The predicted octanol–water partition coefficient (Wildman–Crippen LogP) is 2.17. The Bertz CT molecular complexity index is 326. The van der Waals surface area contributed by atoms with E-state index >= 15 is 0 Å². The van der Waals surface area contributed by atoms with E-state index in [1.807, 2.05) is 6.07 Å². The van der Waals surface area contributed by atoms with Crippen molar-refractivity contribution in [2.24, 2.45) is 5.73 Å². The molecule has 2 nitrogen and oxygen atoms in total. The van der Waals surface area contributed by atoms with Gasteiger partial charge in [0.15, 0.2) is 0 Å². The number of benzene rings is 1. The highest BCUT2D eigenvalue weighted by Crippen LogP contribution is 2.18. The van der Waals surface area contributed by atoms with Gasteiger partial charge in [-0.3, -0.25) is 0 Å². The van der Waals surface area contributed by atoms with E-state index in [9.17, 15) is 0 Å². The van der Waals surface area contributed by atoms with Crippen LogP contribution in [-0.2, 0) is 4.43 Å². The zero-order valence-electron chi connectivity index (χ0n) is 11.4. The third kappa shape index (κ3) is 5.02. The minimum Gasteiger partial charge on any atom is -0.411 e. The Morgan fingerprint density at radius 3 is 2.41 bits per heavy atom. The number of rotatable bonds is 6. The Morgan fingerprint density at radius 2 is 1.88 bits per heavy atom. The van der Waals surface area contributed by atoms with Gasteiger partial charge in [-0.15, -0.1) is 0 Å². The molecule has 0 aromatic heterocycles. The maximum atomic E-state index is 6.26. The summed E-state index contributed by atoms with van der Waals surface area (Å²) in [5, 5.41) is 1.35. The summed E-state index contributed by atoms with van der Waals surface area (Å²) in [5.41, 5.74) is 5.89. The Labute approximate surface area is 107 Å². The summed E-state index contributed by atoms with van der Waals surface area (Å²) in [6.45, 7) is 8.65. The van der Waals surface area contributed by atoms with Gasteiger partial charge >= 0.3 is 0 Å². The molecule has 96 valence electrons. The number of nitrogens with two attached hydrogens (primary N) is 1. The fourth-order valence-corrected chi connectivity index (χ4v) is 4.05. The second-order valence-electron chi connectivity index (χ2n) is 5.30. The van der Waals surface area contributed by atoms with Crippen molar-refractivity contribution >= 4 is 14.2 Å². The summed E-state index contributed by atoms with van der Waals surface area (Å²) < 4.78 is 6.26. The van der Waals surface area contributed by atoms with Crippen LogP contribution in [0.1, 0.15) is 33.6 Å². The molecule has 0 spiro atoms. The van der Waals surface area contributed by atoms with E-state index in [4.69, 9.17) is 10.2 Å². The first kappa shape index (κ1) is 14.4. The van der Waals surface area contributed by atoms with Crippen LogP contribution in [0.3, 0.4) is 0 Å². The molecule has 0 aliphatic carbocycles. The van der Waals surface area contributed by atoms with Gasteiger partial charge in [-0.05, 0) is 38.4 Å². The molecule has 1 aromatic carbocycles. The van der Waals surface area contributed by atoms with Crippen LogP contribution in [0.5, 0.6) is 0 Å². The highest BCUT2D eigenvalue weighted by molar-refractivity contribution is 6.66. The summed E-state index contributed by atoms with van der Waals surface area (Å²) in [6, 6.07) is 10.8. The van der Waals surface area contributed by atoms with Crippen molar-refractivity contribution < 1.29 is 4.43 Å². The maximum Gasteiger partial charge on any atom is 0.205 e. The van der Waals surface area contributed by atoms with Crippen molar-refractivity contribution in [2.45, 2.75) is 51.8 Å². The molecule has 0 saturated heterocycles. The fraction of sp³-hybridized carbons (Fsp3) is 0.571. The molecule has 1 aromatic rings. The van der Waals surface area contributed by atoms with Gasteiger partial charge in [-0.2, -0.15) is 0 Å². The largest absolute Gasteiger partial charge is 0.411 e. The van der Waals surface area contributed by atoms with Crippen LogP contribution in [-0.4, -0.2) is 20.7 Å². The van der Waals surface area contributed by atoms with E-state index in [1.165, 1.54) is 5.19 Å². The third-order valence-corrected chi connectivity index (χ3v) is 5.36. The standard InChI is InChI=1S/C14H25NOSi/c1-5-12(15)11-14(2,3)16-17(4)13-9-7-6-8-10-13/h6-10,12,17H,5,11,15H2,1-4H3. The predicted molar refractivity (Wildman–Crippen MR) is 77.1 cm³/mol. The topological polar surface area (TPSA) is 35.2 Å². The lowest BCUT2D eigenvalue weighted by atomic mass is 9.98. The Morgan fingerprint density at radius 1 is 1.29 bits per heavy atom. The zero-order chi connectivity index (χ0) is 12.9. The molecule has 3 heteroatoms. The second kappa shape index (κ2) is 6.33. The zero-order valence-corrected chi connectivity index (χ0v) is 12.6. The minimum absolute atomic E-state index is 0.114. The lowest BCUT2D eigenvalue weighted by Crippen LogP contribution is -2.42. The molecule has 1 rings (SSSR count). The second-order valence-corrected chi connectivity index (χ2v) is 7.49. The van der Waals surface area contributed by atoms with Gasteiger partial charge in [-0.1, -0.05) is 37.3 Å². The molecule has 0 aliphatic heterocycles. The number of hydrogen-bond donors (Lipinski definition) is 1. The van der Waals surface area contributed by atoms with Crippen LogP contribution >= 0.6 is 0 Å². The Hall–Kier alpha value is -0.643. The summed E-state index contributed by atoms with van der Waals surface area (Å²) >= 11 is 0. The lowest BCUT2D eigenvalue weighted by Gasteiger charge is -2.31. The van der Waals surface area contributed by atoms with Crippen LogP contribution in [0, 0.1) is 0 Å². The van der Waals surface area contributed by atoms with Gasteiger partial charge in [-0.25, -0.2) is 0 Å². The molecule has 17 heavy (non-hydrogen) atoms. The van der Waals surface area contributed by atoms with Crippen molar-refractivity contribution in [2.75, 3.05) is 0 Å². The van der Waals surface area contributed by atoms with Gasteiger partial charge in [0.2, 0.25) is 9.04 Å². The summed E-state index contributed by atoms with van der Waals surface area (Å²) in [5.74, 6) is 0. The van der Waals surface area contributed by atoms with E-state index in [0.717, 1.165) is 12.8 Å². The monoisotopic (exact) mass is 251 g/mol. The lowest BCUT2D eigenvalue weighted by molar-refractivity contribution is 0.0926. The normalized spacial score (nSPS) is 15.6. The molecule has 0 aliphatic rings. The average molecular weight is 251 g/mol. The van der Waals surface area contributed by atoms with Crippen LogP contribution in [0.25, 0.3) is 0 Å². The van der Waals surface area contributed by atoms with Crippen LogP contribution in [0.4, 0.5) is 0 Å². The molecule has 2 unspecified atom stereocenters. The summed E-state index contributed by atoms with van der Waals surface area (Å²) in [7, 11) is -1.31. The van der Waals surface area contributed by atoms with Gasteiger partial charge in [0.1, 0.15) is 0 Å². The quantitative estimate of drug-likeness (QED) is 0.787. The molecule has 0 bridgehead atoms. The summed E-state index contributed by atoms with van der Waals surface area (Å²) in [4.78, 5) is 0. The van der Waals surface area contributed by atoms with E-state index in [2.05, 4.69) is 51.6 Å². The first-order valence-corrected chi connectivity index (χ1v) is 8.63. The maximum absolute atomic E-state index is 6.26. The molecule has 2 atom stereocenters. The first-order valence-electron chi connectivity index (χ1n) is 6.43. The molecule has 0 fully saturated rings. The highest BCUT2D eigenvalue weighted by Gasteiger charge is 2.24. The van der Waals surface area contributed by atoms with Crippen molar-refractivity contribution in [1.29, 1.82) is 0 Å². The van der Waals surface area contributed by atoms with E-state index < -0.39 is 9.04 Å². The molecular formula is C14H25NOSi. The van der Waals surface area contributed by atoms with Crippen molar-refractivity contribution in [3.05, 3.63) is 30.3 Å². The van der Waals surface area contributed by atoms with Crippen LogP contribution in [0.2, 0.25) is 6.55 Å². The van der Waals surface area contributed by atoms with Gasteiger partial charge in [0.25, 0.3) is 0 Å². The van der Waals surface area contributed by atoms with Crippen molar-refractivity contribution in [3.8, 4) is 0 Å². The molecule has 2 N–H and O–H groups in total.